The number of ether oxygens (including phenoxy) is 1. The molecule has 1 aromatic carbocycles. The van der Waals surface area contributed by atoms with Gasteiger partial charge in [0.1, 0.15) is 6.10 Å². The first-order chi connectivity index (χ1) is 12.6. The number of carbonyl (C=O) groups is 1. The Morgan fingerprint density at radius 2 is 2.23 bits per heavy atom. The van der Waals surface area contributed by atoms with Gasteiger partial charge in [-0.25, -0.2) is 4.98 Å². The lowest BCUT2D eigenvalue weighted by molar-refractivity contribution is 0.0771. The van der Waals surface area contributed by atoms with Crippen molar-refractivity contribution in [2.75, 3.05) is 32.1 Å². The summed E-state index contributed by atoms with van der Waals surface area (Å²) in [6.45, 7) is 1.19. The first-order valence-corrected chi connectivity index (χ1v) is 8.48. The van der Waals surface area contributed by atoms with Gasteiger partial charge >= 0.3 is 0 Å². The molecule has 1 amide bonds. The van der Waals surface area contributed by atoms with Crippen LogP contribution < -0.4 is 9.64 Å². The summed E-state index contributed by atoms with van der Waals surface area (Å²) in [4.78, 5) is 32.2. The van der Waals surface area contributed by atoms with E-state index in [1.165, 1.54) is 0 Å². The maximum absolute atomic E-state index is 12.8. The summed E-state index contributed by atoms with van der Waals surface area (Å²) in [7, 11) is 3.81. The van der Waals surface area contributed by atoms with Gasteiger partial charge in [0.15, 0.2) is 5.82 Å². The number of anilines is 1. The van der Waals surface area contributed by atoms with E-state index in [-0.39, 0.29) is 12.0 Å². The SMILES string of the molecule is CN(C)c1cncc(OC2CCN(C(=O)c3ccc4nc[nH]c4c3)C2)n1. The van der Waals surface area contributed by atoms with E-state index in [1.54, 1.807) is 18.7 Å². The van der Waals surface area contributed by atoms with Gasteiger partial charge in [0.2, 0.25) is 5.88 Å². The average molecular weight is 352 g/mol. The number of hydrogen-bond acceptors (Lipinski definition) is 6. The lowest BCUT2D eigenvalue weighted by Crippen LogP contribution is -2.31. The van der Waals surface area contributed by atoms with Crippen molar-refractivity contribution in [3.8, 4) is 5.88 Å². The van der Waals surface area contributed by atoms with Crippen LogP contribution in [0.15, 0.2) is 36.9 Å². The zero-order valence-corrected chi connectivity index (χ0v) is 14.7. The highest BCUT2D eigenvalue weighted by Crippen LogP contribution is 2.21. The summed E-state index contributed by atoms with van der Waals surface area (Å²) in [5, 5.41) is 0. The molecule has 0 aliphatic carbocycles. The summed E-state index contributed by atoms with van der Waals surface area (Å²) >= 11 is 0. The zero-order chi connectivity index (χ0) is 18.1. The van der Waals surface area contributed by atoms with Gasteiger partial charge in [0.25, 0.3) is 5.91 Å². The van der Waals surface area contributed by atoms with Crippen molar-refractivity contribution in [2.45, 2.75) is 12.5 Å². The van der Waals surface area contributed by atoms with Crippen molar-refractivity contribution >= 4 is 22.8 Å². The Morgan fingerprint density at radius 3 is 3.08 bits per heavy atom. The molecule has 1 unspecified atom stereocenters. The summed E-state index contributed by atoms with van der Waals surface area (Å²) in [5.41, 5.74) is 2.36. The molecular weight excluding hydrogens is 332 g/mol. The van der Waals surface area contributed by atoms with E-state index in [0.717, 1.165) is 23.3 Å². The molecule has 1 fully saturated rings. The number of carbonyl (C=O) groups excluding carboxylic acids is 1. The average Bonchev–Trinajstić information content (AvgIpc) is 3.30. The molecule has 1 N–H and O–H groups in total. The van der Waals surface area contributed by atoms with Crippen molar-refractivity contribution in [3.05, 3.63) is 42.5 Å². The number of aromatic amines is 1. The van der Waals surface area contributed by atoms with Crippen LogP contribution in [0.3, 0.4) is 0 Å². The predicted octanol–water partition coefficient (Wildman–Crippen LogP) is 1.71. The van der Waals surface area contributed by atoms with Crippen LogP contribution in [0.5, 0.6) is 5.88 Å². The van der Waals surface area contributed by atoms with Crippen LogP contribution in [-0.2, 0) is 0 Å². The lowest BCUT2D eigenvalue weighted by Gasteiger charge is -2.17. The number of likely N-dealkylation sites (tertiary alicyclic amines) is 1. The first kappa shape index (κ1) is 16.3. The minimum atomic E-state index is -0.0819. The van der Waals surface area contributed by atoms with Gasteiger partial charge in [0.05, 0.1) is 36.3 Å². The van der Waals surface area contributed by atoms with Gasteiger partial charge in [-0.3, -0.25) is 9.78 Å². The second kappa shape index (κ2) is 6.62. The summed E-state index contributed by atoms with van der Waals surface area (Å²) in [6, 6.07) is 5.50. The van der Waals surface area contributed by atoms with Crippen LogP contribution in [0, 0.1) is 0 Å². The third-order valence-electron chi connectivity index (χ3n) is 4.44. The summed E-state index contributed by atoms with van der Waals surface area (Å²) < 4.78 is 5.93. The lowest BCUT2D eigenvalue weighted by atomic mass is 10.2. The van der Waals surface area contributed by atoms with Crippen LogP contribution in [0.2, 0.25) is 0 Å². The Bertz CT molecular complexity index is 938. The van der Waals surface area contributed by atoms with E-state index >= 15 is 0 Å². The highest BCUT2D eigenvalue weighted by molar-refractivity contribution is 5.97. The number of H-pyrrole nitrogens is 1. The molecule has 0 saturated carbocycles. The van der Waals surface area contributed by atoms with Gasteiger partial charge in [-0.2, -0.15) is 4.98 Å². The molecule has 4 rings (SSSR count). The minimum Gasteiger partial charge on any atom is -0.471 e. The van der Waals surface area contributed by atoms with Crippen LogP contribution in [0.25, 0.3) is 11.0 Å². The molecular formula is C18H20N6O2. The number of hydrogen-bond donors (Lipinski definition) is 1. The van der Waals surface area contributed by atoms with E-state index in [9.17, 15) is 4.79 Å². The first-order valence-electron chi connectivity index (χ1n) is 8.48. The number of fused-ring (bicyclic) bond motifs is 1. The molecule has 8 nitrogen and oxygen atoms in total. The van der Waals surface area contributed by atoms with E-state index < -0.39 is 0 Å². The monoisotopic (exact) mass is 352 g/mol. The molecule has 1 aliphatic heterocycles. The smallest absolute Gasteiger partial charge is 0.254 e. The van der Waals surface area contributed by atoms with Crippen molar-refractivity contribution in [2.24, 2.45) is 0 Å². The van der Waals surface area contributed by atoms with E-state index in [1.807, 2.05) is 42.1 Å². The molecule has 3 aromatic rings. The topological polar surface area (TPSA) is 87.2 Å². The van der Waals surface area contributed by atoms with E-state index in [2.05, 4.69) is 19.9 Å². The number of benzene rings is 1. The quantitative estimate of drug-likeness (QED) is 0.769. The van der Waals surface area contributed by atoms with Crippen LogP contribution >= 0.6 is 0 Å². The third-order valence-corrected chi connectivity index (χ3v) is 4.44. The Labute approximate surface area is 150 Å². The number of nitrogens with one attached hydrogen (secondary N) is 1. The maximum atomic E-state index is 12.8. The molecule has 0 radical (unpaired) electrons. The minimum absolute atomic E-state index is 0.000673. The maximum Gasteiger partial charge on any atom is 0.254 e. The van der Waals surface area contributed by atoms with Gasteiger partial charge in [-0.15, -0.1) is 0 Å². The molecule has 26 heavy (non-hydrogen) atoms. The normalized spacial score (nSPS) is 16.8. The van der Waals surface area contributed by atoms with Crippen LogP contribution in [0.1, 0.15) is 16.8 Å². The Hall–Kier alpha value is -3.16. The molecule has 2 aromatic heterocycles. The second-order valence-corrected chi connectivity index (χ2v) is 6.52. The number of aromatic nitrogens is 4. The molecule has 0 spiro atoms. The van der Waals surface area contributed by atoms with Gasteiger partial charge in [-0.05, 0) is 18.2 Å². The fraction of sp³-hybridized carbons (Fsp3) is 0.333. The number of imidazole rings is 1. The fourth-order valence-corrected chi connectivity index (χ4v) is 3.04. The predicted molar refractivity (Wildman–Crippen MR) is 97.4 cm³/mol. The molecule has 1 atom stereocenters. The van der Waals surface area contributed by atoms with E-state index in [4.69, 9.17) is 4.74 Å². The summed E-state index contributed by atoms with van der Waals surface area (Å²) in [5.74, 6) is 1.22. The number of nitrogens with zero attached hydrogens (tertiary/aromatic N) is 5. The fourth-order valence-electron chi connectivity index (χ4n) is 3.04. The van der Waals surface area contributed by atoms with E-state index in [0.29, 0.717) is 24.5 Å². The van der Waals surface area contributed by atoms with Crippen molar-refractivity contribution < 1.29 is 9.53 Å². The van der Waals surface area contributed by atoms with Gasteiger partial charge in [0, 0.05) is 32.6 Å². The van der Waals surface area contributed by atoms with Gasteiger partial charge in [-0.1, -0.05) is 0 Å². The molecule has 0 bridgehead atoms. The van der Waals surface area contributed by atoms with Crippen molar-refractivity contribution in [1.82, 2.24) is 24.8 Å². The standard InChI is InChI=1S/C18H20N6O2/c1-23(2)16-8-19-9-17(22-16)26-13-5-6-24(10-13)18(25)12-3-4-14-15(7-12)21-11-20-14/h3-4,7-9,11,13H,5-6,10H2,1-2H3,(H,20,21). The number of rotatable bonds is 4. The number of amides is 1. The molecule has 134 valence electrons. The van der Waals surface area contributed by atoms with Crippen molar-refractivity contribution in [3.63, 3.8) is 0 Å². The molecule has 8 heteroatoms. The Kier molecular flexibility index (Phi) is 4.16. The Morgan fingerprint density at radius 1 is 1.35 bits per heavy atom. The van der Waals surface area contributed by atoms with Crippen molar-refractivity contribution in [1.29, 1.82) is 0 Å². The largest absolute Gasteiger partial charge is 0.471 e. The molecule has 1 aliphatic rings. The second-order valence-electron chi connectivity index (χ2n) is 6.52. The molecule has 1 saturated heterocycles. The van der Waals surface area contributed by atoms with Crippen LogP contribution in [-0.4, -0.2) is 64.0 Å². The zero-order valence-electron chi connectivity index (χ0n) is 14.7. The van der Waals surface area contributed by atoms with Gasteiger partial charge < -0.3 is 19.5 Å². The third kappa shape index (κ3) is 3.17. The highest BCUT2D eigenvalue weighted by Gasteiger charge is 2.29. The molecule has 3 heterocycles. The summed E-state index contributed by atoms with van der Waals surface area (Å²) in [6.07, 6.45) is 5.60. The Balaban J connectivity index is 1.43. The van der Waals surface area contributed by atoms with Crippen LogP contribution in [0.4, 0.5) is 5.82 Å². The highest BCUT2D eigenvalue weighted by atomic mass is 16.5.